The molecule has 0 saturated heterocycles. The number of fused-ring (bicyclic) bond motifs is 2. The summed E-state index contributed by atoms with van der Waals surface area (Å²) < 4.78 is 5.29. The zero-order valence-corrected chi connectivity index (χ0v) is 19.4. The van der Waals surface area contributed by atoms with E-state index in [1.165, 1.54) is 0 Å². The van der Waals surface area contributed by atoms with Gasteiger partial charge >= 0.3 is 0 Å². The zero-order valence-electron chi connectivity index (χ0n) is 19.4. The lowest BCUT2D eigenvalue weighted by atomic mass is 9.76. The van der Waals surface area contributed by atoms with Crippen molar-refractivity contribution < 1.29 is 14.3 Å². The van der Waals surface area contributed by atoms with Crippen molar-refractivity contribution in [3.63, 3.8) is 0 Å². The summed E-state index contributed by atoms with van der Waals surface area (Å²) in [5.41, 5.74) is 4.51. The van der Waals surface area contributed by atoms with E-state index in [9.17, 15) is 9.59 Å². The van der Waals surface area contributed by atoms with Gasteiger partial charge in [0.2, 0.25) is 5.91 Å². The van der Waals surface area contributed by atoms with Gasteiger partial charge in [0.05, 0.1) is 30.4 Å². The molecule has 3 atom stereocenters. The quantitative estimate of drug-likeness (QED) is 0.539. The third kappa shape index (κ3) is 3.87. The molecule has 1 N–H and O–H groups in total. The lowest BCUT2D eigenvalue weighted by Crippen LogP contribution is -2.42. The van der Waals surface area contributed by atoms with E-state index in [-0.39, 0.29) is 17.6 Å². The van der Waals surface area contributed by atoms with Gasteiger partial charge in [0.25, 0.3) is 0 Å². The van der Waals surface area contributed by atoms with E-state index < -0.39 is 12.0 Å². The summed E-state index contributed by atoms with van der Waals surface area (Å²) in [7, 11) is 1.64. The Morgan fingerprint density at radius 1 is 0.971 bits per heavy atom. The molecule has 0 radical (unpaired) electrons. The van der Waals surface area contributed by atoms with E-state index in [1.54, 1.807) is 7.11 Å². The standard InChI is InChI=1S/C29H28N2O3/c1-3-27(33)31-25-12-8-7-11-23(25)30-24-17-21(19-13-15-22(34-2)16-14-19)18-26(32)28(24)29(31)20-9-5-4-6-10-20/h4-17,21,28-30H,3,18H2,1-2H3/t21-,28+,29-/m0/s1. The van der Waals surface area contributed by atoms with Crippen molar-refractivity contribution in [1.82, 2.24) is 0 Å². The molecule has 1 amide bonds. The van der Waals surface area contributed by atoms with Crippen molar-refractivity contribution in [3.05, 3.63) is 102 Å². The Bertz CT molecular complexity index is 1230. The molecule has 1 aliphatic carbocycles. The van der Waals surface area contributed by atoms with E-state index in [2.05, 4.69) is 11.4 Å². The topological polar surface area (TPSA) is 58.6 Å². The van der Waals surface area contributed by atoms with Gasteiger partial charge in [0, 0.05) is 24.5 Å². The monoisotopic (exact) mass is 452 g/mol. The number of hydrogen-bond donors (Lipinski definition) is 1. The first kappa shape index (κ1) is 22.0. The van der Waals surface area contributed by atoms with Crippen molar-refractivity contribution in [1.29, 1.82) is 0 Å². The number of rotatable bonds is 4. The van der Waals surface area contributed by atoms with Crippen LogP contribution in [0.5, 0.6) is 5.75 Å². The Labute approximate surface area is 200 Å². The third-order valence-electron chi connectivity index (χ3n) is 6.78. The molecule has 0 bridgehead atoms. The number of carbonyl (C=O) groups excluding carboxylic acids is 2. The minimum Gasteiger partial charge on any atom is -0.497 e. The highest BCUT2D eigenvalue weighted by Gasteiger charge is 2.44. The minimum absolute atomic E-state index is 0.00516. The molecule has 1 heterocycles. The molecule has 172 valence electrons. The number of methoxy groups -OCH3 is 1. The predicted octanol–water partition coefficient (Wildman–Crippen LogP) is 5.86. The summed E-state index contributed by atoms with van der Waals surface area (Å²) in [6.07, 6.45) is 2.91. The van der Waals surface area contributed by atoms with Gasteiger partial charge in [-0.1, -0.05) is 67.6 Å². The van der Waals surface area contributed by atoms with Gasteiger partial charge in [-0.15, -0.1) is 0 Å². The molecule has 34 heavy (non-hydrogen) atoms. The van der Waals surface area contributed by atoms with Crippen LogP contribution in [0, 0.1) is 5.92 Å². The Morgan fingerprint density at radius 3 is 2.38 bits per heavy atom. The van der Waals surface area contributed by atoms with Gasteiger partial charge in [-0.25, -0.2) is 0 Å². The summed E-state index contributed by atoms with van der Waals surface area (Å²) in [6, 6.07) is 25.2. The number of para-hydroxylation sites is 2. The number of amides is 1. The lowest BCUT2D eigenvalue weighted by molar-refractivity contribution is -0.123. The molecule has 1 aliphatic heterocycles. The predicted molar refractivity (Wildman–Crippen MR) is 134 cm³/mol. The first-order valence-electron chi connectivity index (χ1n) is 11.7. The van der Waals surface area contributed by atoms with Crippen LogP contribution in [0.25, 0.3) is 0 Å². The zero-order chi connectivity index (χ0) is 23.7. The number of ether oxygens (including phenoxy) is 1. The van der Waals surface area contributed by atoms with Gasteiger partial charge in [-0.2, -0.15) is 0 Å². The Balaban J connectivity index is 1.67. The molecule has 2 aliphatic rings. The molecule has 5 heteroatoms. The number of Topliss-reactive ketones (excluding diaryl/α,β-unsaturated/α-hetero) is 1. The summed E-state index contributed by atoms with van der Waals surface area (Å²) in [5, 5.41) is 3.54. The van der Waals surface area contributed by atoms with E-state index >= 15 is 0 Å². The van der Waals surface area contributed by atoms with E-state index in [0.717, 1.165) is 33.9 Å². The largest absolute Gasteiger partial charge is 0.497 e. The van der Waals surface area contributed by atoms with Gasteiger partial charge in [-0.05, 0) is 35.4 Å². The Morgan fingerprint density at radius 2 is 1.68 bits per heavy atom. The fraction of sp³-hybridized carbons (Fsp3) is 0.241. The number of hydrogen-bond acceptors (Lipinski definition) is 4. The van der Waals surface area contributed by atoms with E-state index in [4.69, 9.17) is 4.74 Å². The average molecular weight is 453 g/mol. The number of anilines is 2. The maximum absolute atomic E-state index is 13.8. The minimum atomic E-state index is -0.472. The first-order chi connectivity index (χ1) is 16.6. The fourth-order valence-corrected chi connectivity index (χ4v) is 5.12. The van der Waals surface area contributed by atoms with Crippen LogP contribution in [0.4, 0.5) is 11.4 Å². The summed E-state index contributed by atoms with van der Waals surface area (Å²) in [4.78, 5) is 29.0. The normalized spacial score (nSPS) is 21.5. The van der Waals surface area contributed by atoms with Gasteiger partial charge < -0.3 is 15.0 Å². The number of carbonyl (C=O) groups is 2. The van der Waals surface area contributed by atoms with E-state index in [0.29, 0.717) is 12.8 Å². The Hall–Kier alpha value is -3.86. The van der Waals surface area contributed by atoms with Gasteiger partial charge in [0.1, 0.15) is 11.5 Å². The molecule has 0 fully saturated rings. The van der Waals surface area contributed by atoms with Crippen molar-refractivity contribution in [2.45, 2.75) is 31.7 Å². The third-order valence-corrected chi connectivity index (χ3v) is 6.78. The Kier molecular flexibility index (Phi) is 5.93. The van der Waals surface area contributed by atoms with Crippen LogP contribution in [0.1, 0.15) is 42.9 Å². The van der Waals surface area contributed by atoms with E-state index in [1.807, 2.05) is 90.7 Å². The van der Waals surface area contributed by atoms with Crippen molar-refractivity contribution in [2.75, 3.05) is 17.3 Å². The van der Waals surface area contributed by atoms with Crippen molar-refractivity contribution in [2.24, 2.45) is 5.92 Å². The molecule has 0 saturated carbocycles. The van der Waals surface area contributed by atoms with Gasteiger partial charge in [0.15, 0.2) is 0 Å². The smallest absolute Gasteiger partial charge is 0.227 e. The highest BCUT2D eigenvalue weighted by Crippen LogP contribution is 2.48. The maximum atomic E-state index is 13.8. The molecule has 0 spiro atoms. The van der Waals surface area contributed by atoms with Crippen LogP contribution in [-0.2, 0) is 9.59 Å². The molecular formula is C29H28N2O3. The van der Waals surface area contributed by atoms with Crippen LogP contribution in [0.3, 0.4) is 0 Å². The van der Waals surface area contributed by atoms with Crippen LogP contribution >= 0.6 is 0 Å². The second-order valence-corrected chi connectivity index (χ2v) is 8.76. The lowest BCUT2D eigenvalue weighted by Gasteiger charge is -2.37. The van der Waals surface area contributed by atoms with Crippen molar-refractivity contribution in [3.8, 4) is 5.75 Å². The number of ketones is 1. The molecule has 3 aromatic carbocycles. The van der Waals surface area contributed by atoms with Crippen LogP contribution in [0.15, 0.2) is 90.6 Å². The average Bonchev–Trinajstić information content (AvgIpc) is 3.03. The molecule has 5 nitrogen and oxygen atoms in total. The maximum Gasteiger partial charge on any atom is 0.227 e. The summed E-state index contributed by atoms with van der Waals surface area (Å²) in [5.74, 6) is 0.389. The number of nitrogens with zero attached hydrogens (tertiary/aromatic N) is 1. The highest BCUT2D eigenvalue weighted by molar-refractivity contribution is 6.01. The SMILES string of the molecule is CCC(=O)N1c2ccccc2NC2=C[C@H](c3ccc(OC)cc3)CC(=O)[C@@H]2[C@@H]1c1ccccc1. The van der Waals surface area contributed by atoms with Crippen LogP contribution < -0.4 is 15.0 Å². The highest BCUT2D eigenvalue weighted by atomic mass is 16.5. The molecule has 0 unspecified atom stereocenters. The van der Waals surface area contributed by atoms with Crippen molar-refractivity contribution >= 4 is 23.1 Å². The second kappa shape index (κ2) is 9.18. The number of allylic oxidation sites excluding steroid dienone is 1. The fourth-order valence-electron chi connectivity index (χ4n) is 5.12. The second-order valence-electron chi connectivity index (χ2n) is 8.76. The molecule has 5 rings (SSSR count). The summed E-state index contributed by atoms with van der Waals surface area (Å²) >= 11 is 0. The first-order valence-corrected chi connectivity index (χ1v) is 11.7. The summed E-state index contributed by atoms with van der Waals surface area (Å²) in [6.45, 7) is 1.87. The van der Waals surface area contributed by atoms with Crippen LogP contribution in [-0.4, -0.2) is 18.8 Å². The molecular weight excluding hydrogens is 424 g/mol. The number of nitrogens with one attached hydrogen (secondary N) is 1. The molecule has 3 aromatic rings. The van der Waals surface area contributed by atoms with Crippen LogP contribution in [0.2, 0.25) is 0 Å². The number of benzene rings is 3. The molecule has 0 aromatic heterocycles. The van der Waals surface area contributed by atoms with Gasteiger partial charge in [-0.3, -0.25) is 9.59 Å².